The maximum Gasteiger partial charge on any atom is 0.130 e. The zero-order valence-electron chi connectivity index (χ0n) is 30.1. The Hall–Kier alpha value is -7.32. The van der Waals surface area contributed by atoms with Gasteiger partial charge < -0.3 is 40.9 Å². The van der Waals surface area contributed by atoms with E-state index in [9.17, 15) is 40.9 Å². The number of hydrogen-bond donors (Lipinski definition) is 8. The van der Waals surface area contributed by atoms with Crippen LogP contribution in [0.1, 0.15) is 44.5 Å². The molecule has 0 atom stereocenters. The van der Waals surface area contributed by atoms with Gasteiger partial charge in [-0.3, -0.25) is 0 Å². The van der Waals surface area contributed by atoms with Crippen LogP contribution < -0.4 is 0 Å². The van der Waals surface area contributed by atoms with Crippen molar-refractivity contribution in [2.75, 3.05) is 0 Å². The first-order valence-electron chi connectivity index (χ1n) is 18.1. The number of phenols is 8. The van der Waals surface area contributed by atoms with Gasteiger partial charge in [0.05, 0.1) is 5.39 Å². The number of fused-ring (bicyclic) bond motifs is 2. The smallest absolute Gasteiger partial charge is 0.130 e. The van der Waals surface area contributed by atoms with Crippen molar-refractivity contribution in [3.63, 3.8) is 0 Å². The van der Waals surface area contributed by atoms with Crippen LogP contribution in [0.3, 0.4) is 0 Å². The normalized spacial score (nSPS) is 11.4. The molecule has 0 aliphatic carbocycles. The highest BCUT2D eigenvalue weighted by Gasteiger charge is 2.21. The van der Waals surface area contributed by atoms with Crippen LogP contribution in [0.4, 0.5) is 0 Å². The van der Waals surface area contributed by atoms with Crippen molar-refractivity contribution in [3.8, 4) is 57.1 Å². The molecule has 8 aromatic carbocycles. The van der Waals surface area contributed by atoms with E-state index in [2.05, 4.69) is 0 Å². The van der Waals surface area contributed by atoms with E-state index in [-0.39, 0.29) is 52.4 Å². The Bertz CT molecular complexity index is 2750. The van der Waals surface area contributed by atoms with Crippen molar-refractivity contribution in [1.29, 1.82) is 0 Å². The van der Waals surface area contributed by atoms with E-state index in [1.54, 1.807) is 103 Å². The maximum absolute atomic E-state index is 12.0. The van der Waals surface area contributed by atoms with Crippen molar-refractivity contribution in [1.82, 2.24) is 0 Å². The largest absolute Gasteiger partial charge is 0.508 e. The second-order valence-corrected chi connectivity index (χ2v) is 14.2. The highest BCUT2D eigenvalue weighted by atomic mass is 16.3. The molecule has 8 aromatic rings. The summed E-state index contributed by atoms with van der Waals surface area (Å²) >= 11 is 0. The van der Waals surface area contributed by atoms with E-state index >= 15 is 0 Å². The Morgan fingerprint density at radius 1 is 0.304 bits per heavy atom. The SMILES string of the molecule is Oc1ccc(Cc2cc(Cc3ccc(O)cc3)c3ccc(Cc4ccc(O)cc4-c4cc(O)c(Cc5ccc(O)cc5)c5ccc(O)cc45)c(O)c3c2O)cc1. The zero-order chi connectivity index (χ0) is 39.1. The number of aromatic hydroxyl groups is 8. The Balaban J connectivity index is 1.24. The summed E-state index contributed by atoms with van der Waals surface area (Å²) in [5, 5.41) is 88.6. The van der Waals surface area contributed by atoms with Crippen LogP contribution in [-0.2, 0) is 25.7 Å². The second-order valence-electron chi connectivity index (χ2n) is 14.2. The number of rotatable bonds is 9. The van der Waals surface area contributed by atoms with Gasteiger partial charge >= 0.3 is 0 Å². The van der Waals surface area contributed by atoms with Gasteiger partial charge in [0.25, 0.3) is 0 Å². The Morgan fingerprint density at radius 3 is 1.41 bits per heavy atom. The maximum atomic E-state index is 12.0. The lowest BCUT2D eigenvalue weighted by atomic mass is 9.87. The van der Waals surface area contributed by atoms with Gasteiger partial charge in [-0.05, 0) is 139 Å². The van der Waals surface area contributed by atoms with Crippen molar-refractivity contribution in [2.45, 2.75) is 25.7 Å². The molecule has 0 saturated carbocycles. The number of phenolic OH excluding ortho intramolecular Hbond substituents is 8. The highest BCUT2D eigenvalue weighted by molar-refractivity contribution is 6.02. The van der Waals surface area contributed by atoms with Gasteiger partial charge in [0.15, 0.2) is 0 Å². The topological polar surface area (TPSA) is 162 Å². The van der Waals surface area contributed by atoms with E-state index < -0.39 is 0 Å². The molecular formula is C48H38O8. The molecule has 0 aliphatic heterocycles. The summed E-state index contributed by atoms with van der Waals surface area (Å²) in [6.45, 7) is 0. The molecule has 0 saturated heterocycles. The lowest BCUT2D eigenvalue weighted by Crippen LogP contribution is -1.99. The fourth-order valence-corrected chi connectivity index (χ4v) is 7.61. The number of hydrogen-bond acceptors (Lipinski definition) is 8. The molecule has 8 nitrogen and oxygen atoms in total. The van der Waals surface area contributed by atoms with Crippen LogP contribution in [0.15, 0.2) is 133 Å². The minimum absolute atomic E-state index is 0.0113. The summed E-state index contributed by atoms with van der Waals surface area (Å²) in [6, 6.07) is 37.4. The lowest BCUT2D eigenvalue weighted by molar-refractivity contribution is 0.457. The molecule has 8 N–H and O–H groups in total. The first-order valence-corrected chi connectivity index (χ1v) is 18.1. The Labute approximate surface area is 322 Å². The number of benzene rings is 8. The van der Waals surface area contributed by atoms with E-state index in [1.165, 1.54) is 0 Å². The predicted octanol–water partition coefficient (Wildman–Crippen LogP) is 9.67. The summed E-state index contributed by atoms with van der Waals surface area (Å²) in [7, 11) is 0. The predicted molar refractivity (Wildman–Crippen MR) is 217 cm³/mol. The Morgan fingerprint density at radius 2 is 0.786 bits per heavy atom. The van der Waals surface area contributed by atoms with E-state index in [1.807, 2.05) is 30.3 Å². The molecule has 278 valence electrons. The minimum Gasteiger partial charge on any atom is -0.508 e. The van der Waals surface area contributed by atoms with Crippen LogP contribution in [-0.4, -0.2) is 40.9 Å². The molecule has 0 bridgehead atoms. The van der Waals surface area contributed by atoms with Crippen LogP contribution in [0.5, 0.6) is 46.0 Å². The van der Waals surface area contributed by atoms with Crippen LogP contribution in [0.25, 0.3) is 32.7 Å². The third-order valence-electron chi connectivity index (χ3n) is 10.4. The summed E-state index contributed by atoms with van der Waals surface area (Å²) in [5.41, 5.74) is 7.08. The first kappa shape index (κ1) is 35.7. The quantitative estimate of drug-likeness (QED) is 0.0725. The van der Waals surface area contributed by atoms with E-state index in [0.29, 0.717) is 74.2 Å². The summed E-state index contributed by atoms with van der Waals surface area (Å²) < 4.78 is 0. The van der Waals surface area contributed by atoms with Gasteiger partial charge in [0.1, 0.15) is 46.0 Å². The van der Waals surface area contributed by atoms with Crippen LogP contribution >= 0.6 is 0 Å². The molecular weight excluding hydrogens is 705 g/mol. The first-order chi connectivity index (χ1) is 27.0. The molecule has 0 spiro atoms. The Kier molecular flexibility index (Phi) is 9.24. The monoisotopic (exact) mass is 742 g/mol. The molecule has 0 fully saturated rings. The summed E-state index contributed by atoms with van der Waals surface area (Å²) in [4.78, 5) is 0. The highest BCUT2D eigenvalue weighted by Crippen LogP contribution is 2.45. The van der Waals surface area contributed by atoms with Gasteiger partial charge in [-0.2, -0.15) is 0 Å². The lowest BCUT2D eigenvalue weighted by Gasteiger charge is -2.19. The van der Waals surface area contributed by atoms with E-state index in [0.717, 1.165) is 22.3 Å². The second kappa shape index (κ2) is 14.5. The average Bonchev–Trinajstić information content (AvgIpc) is 3.18. The van der Waals surface area contributed by atoms with Gasteiger partial charge in [0.2, 0.25) is 0 Å². The summed E-state index contributed by atoms with van der Waals surface area (Å²) in [6.07, 6.45) is 1.34. The van der Waals surface area contributed by atoms with Gasteiger partial charge in [-0.25, -0.2) is 0 Å². The fourth-order valence-electron chi connectivity index (χ4n) is 7.61. The molecule has 8 rings (SSSR count). The van der Waals surface area contributed by atoms with Crippen LogP contribution in [0.2, 0.25) is 0 Å². The molecule has 0 heterocycles. The standard InChI is InChI=1S/C48H38O8/c49-34-9-1-27(2-10-34)19-32-23-33(20-28-3-11-35(50)12-4-28)48(56)46-39(32)17-8-31(47(46)55)22-30-7-15-37(52)24-41(30)43-26-45(54)44(21-29-5-13-36(51)14-6-29)40-18-16-38(53)25-42(40)43/h1-18,23-26,49-56H,19-22H2. The van der Waals surface area contributed by atoms with Crippen molar-refractivity contribution in [3.05, 3.63) is 178 Å². The molecule has 0 amide bonds. The van der Waals surface area contributed by atoms with Gasteiger partial charge in [0, 0.05) is 24.8 Å². The average molecular weight is 743 g/mol. The molecule has 8 heteroatoms. The van der Waals surface area contributed by atoms with Gasteiger partial charge in [-0.1, -0.05) is 66.7 Å². The fraction of sp³-hybridized carbons (Fsp3) is 0.0833. The molecule has 0 radical (unpaired) electrons. The minimum atomic E-state index is -0.104. The van der Waals surface area contributed by atoms with E-state index in [4.69, 9.17) is 0 Å². The summed E-state index contributed by atoms with van der Waals surface area (Å²) in [5.74, 6) is 0.274. The van der Waals surface area contributed by atoms with Crippen LogP contribution in [0, 0.1) is 0 Å². The third-order valence-corrected chi connectivity index (χ3v) is 10.4. The molecule has 0 aliphatic rings. The third kappa shape index (κ3) is 7.03. The molecule has 0 unspecified atom stereocenters. The molecule has 0 aromatic heterocycles. The molecule has 56 heavy (non-hydrogen) atoms. The van der Waals surface area contributed by atoms with Crippen molar-refractivity contribution in [2.24, 2.45) is 0 Å². The van der Waals surface area contributed by atoms with Crippen molar-refractivity contribution >= 4 is 21.5 Å². The zero-order valence-corrected chi connectivity index (χ0v) is 30.1. The van der Waals surface area contributed by atoms with Crippen molar-refractivity contribution < 1.29 is 40.9 Å². The van der Waals surface area contributed by atoms with Gasteiger partial charge in [-0.15, -0.1) is 0 Å².